The second kappa shape index (κ2) is 18.3. The zero-order chi connectivity index (χ0) is 17.2. The fraction of sp³-hybridized carbons (Fsp3) is 1.00. The molecule has 23 heavy (non-hydrogen) atoms. The highest BCUT2D eigenvalue weighted by Crippen LogP contribution is 2.16. The molecule has 0 aromatic rings. The fourth-order valence-electron chi connectivity index (χ4n) is 2.76. The van der Waals surface area contributed by atoms with E-state index < -0.39 is 6.29 Å². The Morgan fingerprint density at radius 2 is 1.26 bits per heavy atom. The van der Waals surface area contributed by atoms with E-state index in [-0.39, 0.29) is 14.9 Å². The van der Waals surface area contributed by atoms with Crippen LogP contribution in [0.1, 0.15) is 104 Å². The average molecular weight is 347 g/mol. The lowest BCUT2D eigenvalue weighted by molar-refractivity contribution is -0.110. The van der Waals surface area contributed by atoms with Crippen LogP contribution in [0.25, 0.3) is 0 Å². The summed E-state index contributed by atoms with van der Waals surface area (Å²) >= 11 is 0. The Balaban J connectivity index is 3.27. The molecule has 0 aliphatic rings. The Morgan fingerprint density at radius 3 is 1.65 bits per heavy atom. The summed E-state index contributed by atoms with van der Waals surface area (Å²) in [6.07, 6.45) is 17.2. The van der Waals surface area contributed by atoms with Gasteiger partial charge in [-0.3, -0.25) is 4.52 Å². The van der Waals surface area contributed by atoms with Crippen molar-refractivity contribution in [2.75, 3.05) is 0 Å². The van der Waals surface area contributed by atoms with Crippen molar-refractivity contribution >= 4 is 8.69 Å². The third kappa shape index (κ3) is 18.2. The van der Waals surface area contributed by atoms with Crippen molar-refractivity contribution in [1.82, 2.24) is 0 Å². The third-order valence-electron chi connectivity index (χ3n) is 4.07. The van der Waals surface area contributed by atoms with Crippen LogP contribution in [0.3, 0.4) is 0 Å². The van der Waals surface area contributed by atoms with Crippen LogP contribution >= 0.6 is 8.69 Å². The highest BCUT2D eigenvalue weighted by molar-refractivity contribution is 7.17. The summed E-state index contributed by atoms with van der Waals surface area (Å²) in [4.78, 5) is 0. The molecule has 5 heteroatoms. The van der Waals surface area contributed by atoms with Crippen LogP contribution in [0.2, 0.25) is 0 Å². The molecule has 2 atom stereocenters. The van der Waals surface area contributed by atoms with Crippen molar-refractivity contribution in [3.63, 3.8) is 0 Å². The van der Waals surface area contributed by atoms with E-state index in [1.807, 2.05) is 0 Å². The van der Waals surface area contributed by atoms with E-state index >= 15 is 0 Å². The van der Waals surface area contributed by atoms with Crippen LogP contribution in [0, 0.1) is 0 Å². The maximum atomic E-state index is 10.5. The SMILES string of the molecule is CCCCCCCCCCCCCCCC(OP=O)OC(C)N. The van der Waals surface area contributed by atoms with Gasteiger partial charge >= 0.3 is 8.69 Å². The molecule has 4 nitrogen and oxygen atoms in total. The van der Waals surface area contributed by atoms with Crippen molar-refractivity contribution in [3.8, 4) is 0 Å². The normalized spacial score (nSPS) is 14.2. The van der Waals surface area contributed by atoms with Crippen LogP contribution in [0.15, 0.2) is 0 Å². The smallest absolute Gasteiger partial charge is 0.329 e. The first-order valence-corrected chi connectivity index (χ1v) is 10.3. The summed E-state index contributed by atoms with van der Waals surface area (Å²) in [6, 6.07) is 0. The molecule has 0 aliphatic heterocycles. The highest BCUT2D eigenvalue weighted by Gasteiger charge is 2.11. The predicted molar refractivity (Wildman–Crippen MR) is 97.5 cm³/mol. The maximum Gasteiger partial charge on any atom is 0.329 e. The van der Waals surface area contributed by atoms with Gasteiger partial charge in [0.2, 0.25) is 0 Å². The molecule has 0 fully saturated rings. The van der Waals surface area contributed by atoms with Crippen molar-refractivity contribution in [3.05, 3.63) is 0 Å². The summed E-state index contributed by atoms with van der Waals surface area (Å²) in [6.45, 7) is 4.02. The number of nitrogens with two attached hydrogens (primary N) is 1. The molecule has 0 rings (SSSR count). The number of rotatable bonds is 18. The topological polar surface area (TPSA) is 61.5 Å². The molecule has 0 aliphatic carbocycles. The summed E-state index contributed by atoms with van der Waals surface area (Å²) in [5.41, 5.74) is 5.56. The van der Waals surface area contributed by atoms with Gasteiger partial charge in [0.05, 0.1) is 0 Å². The number of hydrogen-bond donors (Lipinski definition) is 1. The van der Waals surface area contributed by atoms with Gasteiger partial charge in [0.15, 0.2) is 6.29 Å². The fourth-order valence-corrected chi connectivity index (χ4v) is 3.01. The van der Waals surface area contributed by atoms with Gasteiger partial charge in [0, 0.05) is 0 Å². The van der Waals surface area contributed by atoms with E-state index in [1.54, 1.807) is 6.92 Å². The van der Waals surface area contributed by atoms with Crippen LogP contribution in [-0.2, 0) is 13.8 Å². The predicted octanol–water partition coefficient (Wildman–Crippen LogP) is 6.34. The standard InChI is InChI=1S/C18H38NO3P/c1-3-4-5-6-7-8-9-10-11-12-13-14-15-16-18(22-23-20)21-17(2)19/h17-18H,3-16,19H2,1-2H3. The Morgan fingerprint density at radius 1 is 0.826 bits per heavy atom. The van der Waals surface area contributed by atoms with E-state index in [4.69, 9.17) is 15.0 Å². The largest absolute Gasteiger partial charge is 0.334 e. The van der Waals surface area contributed by atoms with Crippen molar-refractivity contribution in [2.45, 2.75) is 116 Å². The molecule has 0 saturated heterocycles. The van der Waals surface area contributed by atoms with E-state index in [0.29, 0.717) is 0 Å². The molecule has 2 unspecified atom stereocenters. The maximum absolute atomic E-state index is 10.5. The second-order valence-corrected chi connectivity index (χ2v) is 6.84. The van der Waals surface area contributed by atoms with Gasteiger partial charge in [-0.15, -0.1) is 0 Å². The molecule has 0 saturated carbocycles. The van der Waals surface area contributed by atoms with E-state index in [9.17, 15) is 4.57 Å². The third-order valence-corrected chi connectivity index (χ3v) is 4.39. The van der Waals surface area contributed by atoms with Gasteiger partial charge in [-0.2, -0.15) is 0 Å². The monoisotopic (exact) mass is 347 g/mol. The van der Waals surface area contributed by atoms with Crippen LogP contribution < -0.4 is 5.73 Å². The molecular formula is C18H38NO3P. The first-order chi connectivity index (χ1) is 11.2. The molecule has 0 amide bonds. The van der Waals surface area contributed by atoms with E-state index in [2.05, 4.69) is 6.92 Å². The number of ether oxygens (including phenoxy) is 1. The lowest BCUT2D eigenvalue weighted by Crippen LogP contribution is -2.26. The molecule has 0 aromatic heterocycles. The molecule has 2 N–H and O–H groups in total. The van der Waals surface area contributed by atoms with Gasteiger partial charge in [-0.25, -0.2) is 4.57 Å². The first kappa shape index (κ1) is 23.0. The molecule has 0 bridgehead atoms. The zero-order valence-corrected chi connectivity index (χ0v) is 16.2. The van der Waals surface area contributed by atoms with Gasteiger partial charge in [0.25, 0.3) is 0 Å². The lowest BCUT2D eigenvalue weighted by atomic mass is 10.0. The average Bonchev–Trinajstić information content (AvgIpc) is 2.51. The molecule has 138 valence electrons. The molecule has 0 aromatic carbocycles. The minimum absolute atomic E-state index is 0.338. The molecule has 0 radical (unpaired) electrons. The minimum atomic E-state index is -0.443. The zero-order valence-electron chi connectivity index (χ0n) is 15.3. The highest BCUT2D eigenvalue weighted by atomic mass is 31.1. The van der Waals surface area contributed by atoms with Gasteiger partial charge in [-0.1, -0.05) is 84.0 Å². The summed E-state index contributed by atoms with van der Waals surface area (Å²) in [5.74, 6) is 0. The summed E-state index contributed by atoms with van der Waals surface area (Å²) in [7, 11) is -0.338. The minimum Gasteiger partial charge on any atom is -0.334 e. The van der Waals surface area contributed by atoms with Gasteiger partial charge in [0.1, 0.15) is 6.23 Å². The van der Waals surface area contributed by atoms with E-state index in [1.165, 1.54) is 77.0 Å². The Labute approximate surface area is 145 Å². The number of hydrogen-bond acceptors (Lipinski definition) is 4. The van der Waals surface area contributed by atoms with Gasteiger partial charge in [-0.05, 0) is 19.8 Å². The van der Waals surface area contributed by atoms with Crippen LogP contribution in [-0.4, -0.2) is 12.5 Å². The van der Waals surface area contributed by atoms with Gasteiger partial charge < -0.3 is 10.5 Å². The Bertz CT molecular complexity index is 252. The Kier molecular flexibility index (Phi) is 18.3. The van der Waals surface area contributed by atoms with Crippen molar-refractivity contribution < 1.29 is 13.8 Å². The lowest BCUT2D eigenvalue weighted by Gasteiger charge is -2.16. The van der Waals surface area contributed by atoms with Crippen LogP contribution in [0.5, 0.6) is 0 Å². The quantitative estimate of drug-likeness (QED) is 0.178. The first-order valence-electron chi connectivity index (χ1n) is 9.60. The molecular weight excluding hydrogens is 309 g/mol. The van der Waals surface area contributed by atoms with E-state index in [0.717, 1.165) is 12.8 Å². The van der Waals surface area contributed by atoms with Crippen LogP contribution in [0.4, 0.5) is 0 Å². The molecule has 0 spiro atoms. The summed E-state index contributed by atoms with van der Waals surface area (Å²) in [5, 5.41) is 0. The van der Waals surface area contributed by atoms with Crippen molar-refractivity contribution in [2.24, 2.45) is 5.73 Å². The summed E-state index contributed by atoms with van der Waals surface area (Å²) < 4.78 is 20.8. The molecule has 0 heterocycles. The van der Waals surface area contributed by atoms with Crippen molar-refractivity contribution in [1.29, 1.82) is 0 Å². The Hall–Kier alpha value is -0.0200. The second-order valence-electron chi connectivity index (χ2n) is 6.48. The number of unbranched alkanes of at least 4 members (excludes halogenated alkanes) is 12.